The van der Waals surface area contributed by atoms with Gasteiger partial charge in [0, 0.05) is 6.54 Å². The third-order valence-electron chi connectivity index (χ3n) is 5.02. The number of fused-ring (bicyclic) bond motifs is 1. The Morgan fingerprint density at radius 3 is 2.67 bits per heavy atom. The molecule has 4 rings (SSSR count). The zero-order chi connectivity index (χ0) is 23.9. The number of hydrogen-bond donors (Lipinski definition) is 7. The van der Waals surface area contributed by atoms with Crippen LogP contribution in [0.25, 0.3) is 11.2 Å². The van der Waals surface area contributed by atoms with Crippen molar-refractivity contribution in [2.45, 2.75) is 31.1 Å². The number of aliphatic hydroxyl groups is 2. The molecule has 0 saturated carbocycles. The smallest absolute Gasteiger partial charge is 0.469 e. The number of phosphoric acid groups is 1. The fourth-order valence-electron chi connectivity index (χ4n) is 3.38. The second-order valence-electron chi connectivity index (χ2n) is 7.13. The van der Waals surface area contributed by atoms with E-state index in [0.717, 1.165) is 0 Å². The Morgan fingerprint density at radius 2 is 1.94 bits per heavy atom. The van der Waals surface area contributed by atoms with Crippen molar-refractivity contribution in [3.05, 3.63) is 35.4 Å². The minimum atomic E-state index is -4.80. The summed E-state index contributed by atoms with van der Waals surface area (Å²) in [6.45, 7) is -0.708. The van der Waals surface area contributed by atoms with Crippen LogP contribution < -0.4 is 5.32 Å². The minimum absolute atomic E-state index is 0.0553. The van der Waals surface area contributed by atoms with Crippen LogP contribution in [0.2, 0.25) is 5.02 Å². The summed E-state index contributed by atoms with van der Waals surface area (Å²) < 4.78 is 22.1. The average molecular weight is 504 g/mol. The number of ether oxygens (including phenoxy) is 1. The van der Waals surface area contributed by atoms with Gasteiger partial charge in [0.05, 0.1) is 23.5 Å². The van der Waals surface area contributed by atoms with Crippen molar-refractivity contribution in [3.63, 3.8) is 0 Å². The molecular formula is C17H19ClN5O9P. The van der Waals surface area contributed by atoms with Crippen molar-refractivity contribution in [2.24, 2.45) is 0 Å². The molecule has 3 heterocycles. The normalized spacial score (nSPS) is 23.3. The number of hydrogen-bond acceptors (Lipinski definition) is 11. The Hall–Kier alpha value is -2.55. The number of anilines is 1. The Morgan fingerprint density at radius 1 is 1.18 bits per heavy atom. The van der Waals surface area contributed by atoms with E-state index in [1.807, 2.05) is 0 Å². The van der Waals surface area contributed by atoms with Gasteiger partial charge in [-0.1, -0.05) is 11.6 Å². The molecule has 0 bridgehead atoms. The SMILES string of the molecule is O=P(O)(O)OC[C@H]1O[C@@H](n2cnc3c(NCc4c(O)ccc(Cl)c4O)ncnc32)[C@H](O)[C@@H]1O. The van der Waals surface area contributed by atoms with Crippen molar-refractivity contribution in [1.82, 2.24) is 19.5 Å². The molecule has 7 N–H and O–H groups in total. The van der Waals surface area contributed by atoms with Gasteiger partial charge in [-0.25, -0.2) is 19.5 Å². The summed E-state index contributed by atoms with van der Waals surface area (Å²) in [5.41, 5.74) is 0.595. The van der Waals surface area contributed by atoms with Crippen molar-refractivity contribution in [2.75, 3.05) is 11.9 Å². The summed E-state index contributed by atoms with van der Waals surface area (Å²) in [5.74, 6) is -0.243. The largest absolute Gasteiger partial charge is 0.507 e. The van der Waals surface area contributed by atoms with Crippen molar-refractivity contribution >= 4 is 36.4 Å². The molecule has 4 atom stereocenters. The molecule has 0 radical (unpaired) electrons. The highest BCUT2D eigenvalue weighted by Gasteiger charge is 2.45. The molecule has 1 aliphatic heterocycles. The molecule has 1 fully saturated rings. The number of rotatable bonds is 7. The molecule has 0 amide bonds. The van der Waals surface area contributed by atoms with Gasteiger partial charge in [-0.05, 0) is 12.1 Å². The third-order valence-corrected chi connectivity index (χ3v) is 5.81. The van der Waals surface area contributed by atoms with Crippen molar-refractivity contribution in [1.29, 1.82) is 0 Å². The number of imidazole rings is 1. The van der Waals surface area contributed by atoms with Crippen molar-refractivity contribution < 1.29 is 44.0 Å². The van der Waals surface area contributed by atoms with E-state index in [-0.39, 0.29) is 45.6 Å². The molecule has 2 aromatic heterocycles. The lowest BCUT2D eigenvalue weighted by Gasteiger charge is -2.16. The number of phenols is 2. The molecule has 1 aliphatic rings. The number of benzene rings is 1. The Balaban J connectivity index is 1.57. The predicted octanol–water partition coefficient (Wildman–Crippen LogP) is 0.231. The number of aliphatic hydroxyl groups excluding tert-OH is 2. The zero-order valence-electron chi connectivity index (χ0n) is 16.6. The fourth-order valence-corrected chi connectivity index (χ4v) is 3.90. The molecular weight excluding hydrogens is 485 g/mol. The van der Waals surface area contributed by atoms with Gasteiger partial charge in [-0.15, -0.1) is 0 Å². The maximum Gasteiger partial charge on any atom is 0.469 e. The number of phenolic OH excluding ortho intramolecular Hbond substituents is 2. The van der Waals surface area contributed by atoms with Crippen LogP contribution in [0, 0.1) is 0 Å². The number of halogens is 1. The van der Waals surface area contributed by atoms with E-state index < -0.39 is 39.0 Å². The molecule has 14 nitrogen and oxygen atoms in total. The van der Waals surface area contributed by atoms with Crippen LogP contribution in [0.15, 0.2) is 24.8 Å². The summed E-state index contributed by atoms with van der Waals surface area (Å²) in [6.07, 6.45) is -2.88. The van der Waals surface area contributed by atoms with Crippen LogP contribution in [0.3, 0.4) is 0 Å². The highest BCUT2D eigenvalue weighted by Crippen LogP contribution is 2.39. The van der Waals surface area contributed by atoms with E-state index in [2.05, 4.69) is 24.8 Å². The monoisotopic (exact) mass is 503 g/mol. The molecule has 1 aromatic carbocycles. The number of phosphoric ester groups is 1. The minimum Gasteiger partial charge on any atom is -0.507 e. The van der Waals surface area contributed by atoms with E-state index in [1.54, 1.807) is 0 Å². The highest BCUT2D eigenvalue weighted by atomic mass is 35.5. The number of aromatic nitrogens is 4. The molecule has 33 heavy (non-hydrogen) atoms. The van der Waals surface area contributed by atoms with Gasteiger partial charge in [-0.3, -0.25) is 9.09 Å². The Labute approximate surface area is 190 Å². The molecule has 0 aliphatic carbocycles. The molecule has 1 saturated heterocycles. The summed E-state index contributed by atoms with van der Waals surface area (Å²) >= 11 is 5.88. The van der Waals surface area contributed by atoms with Gasteiger partial charge < -0.3 is 40.3 Å². The number of aromatic hydroxyl groups is 2. The molecule has 178 valence electrons. The second kappa shape index (κ2) is 9.00. The van der Waals surface area contributed by atoms with Gasteiger partial charge in [0.1, 0.15) is 36.1 Å². The molecule has 16 heteroatoms. The van der Waals surface area contributed by atoms with Crippen LogP contribution in [0.4, 0.5) is 5.82 Å². The predicted molar refractivity (Wildman–Crippen MR) is 111 cm³/mol. The lowest BCUT2D eigenvalue weighted by Crippen LogP contribution is -2.33. The lowest BCUT2D eigenvalue weighted by atomic mass is 10.1. The first kappa shape index (κ1) is 23.6. The zero-order valence-corrected chi connectivity index (χ0v) is 18.2. The first-order chi connectivity index (χ1) is 15.6. The first-order valence-corrected chi connectivity index (χ1v) is 11.3. The summed E-state index contributed by atoms with van der Waals surface area (Å²) in [7, 11) is -4.80. The van der Waals surface area contributed by atoms with E-state index in [0.29, 0.717) is 0 Å². The van der Waals surface area contributed by atoms with E-state index >= 15 is 0 Å². The summed E-state index contributed by atoms with van der Waals surface area (Å²) in [4.78, 5) is 30.1. The van der Waals surface area contributed by atoms with Crippen LogP contribution in [0.5, 0.6) is 11.5 Å². The van der Waals surface area contributed by atoms with Gasteiger partial charge in [0.25, 0.3) is 0 Å². The molecule has 3 aromatic rings. The molecule has 0 unspecified atom stereocenters. The average Bonchev–Trinajstić information content (AvgIpc) is 3.31. The van der Waals surface area contributed by atoms with Gasteiger partial charge >= 0.3 is 7.82 Å². The summed E-state index contributed by atoms with van der Waals surface area (Å²) in [5, 5.41) is 43.6. The van der Waals surface area contributed by atoms with Gasteiger partial charge in [0.15, 0.2) is 23.2 Å². The van der Waals surface area contributed by atoms with Crippen LogP contribution in [-0.2, 0) is 20.4 Å². The quantitative estimate of drug-likeness (QED) is 0.215. The van der Waals surface area contributed by atoms with Crippen LogP contribution in [0.1, 0.15) is 11.8 Å². The molecule has 0 spiro atoms. The fraction of sp³-hybridized carbons (Fsp3) is 0.353. The lowest BCUT2D eigenvalue weighted by molar-refractivity contribution is -0.0504. The summed E-state index contributed by atoms with van der Waals surface area (Å²) in [6, 6.07) is 2.68. The van der Waals surface area contributed by atoms with Crippen LogP contribution in [-0.4, -0.2) is 74.7 Å². The Kier molecular flexibility index (Phi) is 6.44. The van der Waals surface area contributed by atoms with Crippen molar-refractivity contribution in [3.8, 4) is 11.5 Å². The highest BCUT2D eigenvalue weighted by molar-refractivity contribution is 7.46. The Bertz CT molecular complexity index is 1220. The topological polar surface area (TPSA) is 213 Å². The number of nitrogens with one attached hydrogen (secondary N) is 1. The van der Waals surface area contributed by atoms with E-state index in [9.17, 15) is 25.0 Å². The standard InChI is InChI=1S/C17H19ClN5O9P/c18-8-1-2-9(24)7(12(8)25)3-19-15-11-16(21-5-20-15)23(6-22-11)17-14(27)13(26)10(32-17)4-31-33(28,29)30/h1-2,5-6,10,13-14,17,24-27H,3-4H2,(H,19,20,21)(H2,28,29,30)/t10-,13-,14-,17-/m1/s1. The van der Waals surface area contributed by atoms with E-state index in [4.69, 9.17) is 26.1 Å². The third kappa shape index (κ3) is 4.74. The van der Waals surface area contributed by atoms with E-state index in [1.165, 1.54) is 29.4 Å². The maximum absolute atomic E-state index is 10.9. The van der Waals surface area contributed by atoms with Gasteiger partial charge in [0.2, 0.25) is 0 Å². The first-order valence-electron chi connectivity index (χ1n) is 9.39. The van der Waals surface area contributed by atoms with Gasteiger partial charge in [-0.2, -0.15) is 0 Å². The van der Waals surface area contributed by atoms with Crippen LogP contribution >= 0.6 is 19.4 Å². The maximum atomic E-state index is 10.9. The number of nitrogens with zero attached hydrogens (tertiary/aromatic N) is 4. The second-order valence-corrected chi connectivity index (χ2v) is 8.77.